The zero-order valence-corrected chi connectivity index (χ0v) is 15.5. The van der Waals surface area contributed by atoms with Gasteiger partial charge >= 0.3 is 0 Å². The summed E-state index contributed by atoms with van der Waals surface area (Å²) >= 11 is 0. The van der Waals surface area contributed by atoms with E-state index in [2.05, 4.69) is 0 Å². The summed E-state index contributed by atoms with van der Waals surface area (Å²) in [5.41, 5.74) is 3.44. The van der Waals surface area contributed by atoms with Crippen LogP contribution < -0.4 is 0 Å². The average Bonchev–Trinajstić information content (AvgIpc) is 2.66. The van der Waals surface area contributed by atoms with Gasteiger partial charge in [0.15, 0.2) is 11.6 Å². The van der Waals surface area contributed by atoms with E-state index in [0.29, 0.717) is 32.6 Å². The zero-order chi connectivity index (χ0) is 19.6. The van der Waals surface area contributed by atoms with Crippen LogP contribution in [-0.4, -0.2) is 47.8 Å². The summed E-state index contributed by atoms with van der Waals surface area (Å²) in [6.45, 7) is 5.65. The fraction of sp³-hybridized carbons (Fsp3) is 0.333. The maximum absolute atomic E-state index is 13.3. The van der Waals surface area contributed by atoms with E-state index >= 15 is 0 Å². The number of piperazine rings is 1. The number of rotatable bonds is 3. The van der Waals surface area contributed by atoms with Crippen LogP contribution in [0.3, 0.4) is 0 Å². The van der Waals surface area contributed by atoms with Gasteiger partial charge in [-0.05, 0) is 48.7 Å². The summed E-state index contributed by atoms with van der Waals surface area (Å²) in [6.07, 6.45) is 0.332. The molecule has 2 aromatic carbocycles. The Morgan fingerprint density at radius 2 is 1.52 bits per heavy atom. The van der Waals surface area contributed by atoms with Crippen molar-refractivity contribution in [2.24, 2.45) is 0 Å². The lowest BCUT2D eigenvalue weighted by Gasteiger charge is -2.35. The van der Waals surface area contributed by atoms with Crippen molar-refractivity contribution in [2.75, 3.05) is 26.2 Å². The van der Waals surface area contributed by atoms with Crippen LogP contribution in [0.25, 0.3) is 0 Å². The van der Waals surface area contributed by atoms with Crippen molar-refractivity contribution in [1.29, 1.82) is 0 Å². The van der Waals surface area contributed by atoms with Gasteiger partial charge in [-0.3, -0.25) is 9.59 Å². The van der Waals surface area contributed by atoms with E-state index in [-0.39, 0.29) is 17.4 Å². The molecule has 0 aliphatic carbocycles. The first-order valence-electron chi connectivity index (χ1n) is 8.93. The second-order valence-corrected chi connectivity index (χ2v) is 6.90. The van der Waals surface area contributed by atoms with Gasteiger partial charge in [-0.2, -0.15) is 0 Å². The third-order valence-corrected chi connectivity index (χ3v) is 5.01. The van der Waals surface area contributed by atoms with Crippen LogP contribution in [0, 0.1) is 25.5 Å². The van der Waals surface area contributed by atoms with Gasteiger partial charge in [0.1, 0.15) is 0 Å². The van der Waals surface area contributed by atoms with Crippen molar-refractivity contribution in [1.82, 2.24) is 9.80 Å². The lowest BCUT2D eigenvalue weighted by atomic mass is 10.0. The Balaban J connectivity index is 1.57. The first-order chi connectivity index (χ1) is 12.8. The van der Waals surface area contributed by atoms with E-state index in [0.717, 1.165) is 23.3 Å². The monoisotopic (exact) mass is 372 g/mol. The molecule has 1 aliphatic rings. The highest BCUT2D eigenvalue weighted by molar-refractivity contribution is 5.94. The van der Waals surface area contributed by atoms with Crippen LogP contribution >= 0.6 is 0 Å². The molecular formula is C21H22F2N2O2. The van der Waals surface area contributed by atoms with Crippen molar-refractivity contribution in [3.05, 3.63) is 70.3 Å². The number of aryl methyl sites for hydroxylation is 2. The van der Waals surface area contributed by atoms with Crippen molar-refractivity contribution in [3.63, 3.8) is 0 Å². The summed E-state index contributed by atoms with van der Waals surface area (Å²) in [5, 5.41) is 0. The maximum atomic E-state index is 13.3. The van der Waals surface area contributed by atoms with Crippen molar-refractivity contribution < 1.29 is 18.4 Å². The molecule has 0 spiro atoms. The minimum Gasteiger partial charge on any atom is -0.339 e. The molecule has 0 saturated carbocycles. The van der Waals surface area contributed by atoms with E-state index in [1.807, 2.05) is 32.0 Å². The Morgan fingerprint density at radius 1 is 0.852 bits per heavy atom. The molecule has 0 N–H and O–H groups in total. The predicted molar refractivity (Wildman–Crippen MR) is 98.5 cm³/mol. The number of hydrogen-bond donors (Lipinski definition) is 0. The standard InChI is InChI=1S/C21H22F2N2O2/c1-14-3-4-16(11-15(14)2)12-20(26)24-7-9-25(10-8-24)21(27)17-5-6-18(22)19(23)13-17/h3-6,11,13H,7-10,12H2,1-2H3. The van der Waals surface area contributed by atoms with Gasteiger partial charge < -0.3 is 9.80 Å². The topological polar surface area (TPSA) is 40.6 Å². The fourth-order valence-corrected chi connectivity index (χ4v) is 3.17. The molecule has 27 heavy (non-hydrogen) atoms. The molecule has 142 valence electrons. The SMILES string of the molecule is Cc1ccc(CC(=O)N2CCN(C(=O)c3ccc(F)c(F)c3)CC2)cc1C. The Morgan fingerprint density at radius 3 is 2.15 bits per heavy atom. The third-order valence-electron chi connectivity index (χ3n) is 5.01. The number of amides is 2. The normalized spacial score (nSPS) is 14.4. The van der Waals surface area contributed by atoms with Gasteiger partial charge in [0.05, 0.1) is 6.42 Å². The van der Waals surface area contributed by atoms with Crippen LogP contribution in [0.4, 0.5) is 8.78 Å². The van der Waals surface area contributed by atoms with Gasteiger partial charge in [0.25, 0.3) is 5.91 Å². The predicted octanol–water partition coefficient (Wildman–Crippen LogP) is 3.11. The number of halogens is 2. The van der Waals surface area contributed by atoms with Crippen molar-refractivity contribution in [3.8, 4) is 0 Å². The molecule has 1 aliphatic heterocycles. The molecule has 1 saturated heterocycles. The van der Waals surface area contributed by atoms with Gasteiger partial charge in [-0.25, -0.2) is 8.78 Å². The summed E-state index contributed by atoms with van der Waals surface area (Å²) in [6, 6.07) is 9.13. The largest absolute Gasteiger partial charge is 0.339 e. The molecule has 0 bridgehead atoms. The van der Waals surface area contributed by atoms with E-state index in [9.17, 15) is 18.4 Å². The highest BCUT2D eigenvalue weighted by Crippen LogP contribution is 2.15. The Labute approximate surface area is 157 Å². The Hall–Kier alpha value is -2.76. The number of nitrogens with zero attached hydrogens (tertiary/aromatic N) is 2. The second-order valence-electron chi connectivity index (χ2n) is 6.90. The van der Waals surface area contributed by atoms with Crippen molar-refractivity contribution >= 4 is 11.8 Å². The number of benzene rings is 2. The van der Waals surface area contributed by atoms with E-state index in [1.165, 1.54) is 11.6 Å². The van der Waals surface area contributed by atoms with Crippen LogP contribution in [0.5, 0.6) is 0 Å². The van der Waals surface area contributed by atoms with Gasteiger partial charge in [-0.15, -0.1) is 0 Å². The van der Waals surface area contributed by atoms with E-state index in [4.69, 9.17) is 0 Å². The number of hydrogen-bond acceptors (Lipinski definition) is 2. The molecule has 0 aromatic heterocycles. The van der Waals surface area contributed by atoms with Gasteiger partial charge in [0.2, 0.25) is 5.91 Å². The molecule has 3 rings (SSSR count). The fourth-order valence-electron chi connectivity index (χ4n) is 3.17. The maximum Gasteiger partial charge on any atom is 0.254 e. The first-order valence-corrected chi connectivity index (χ1v) is 8.93. The highest BCUT2D eigenvalue weighted by atomic mass is 19.2. The van der Waals surface area contributed by atoms with Gasteiger partial charge in [0, 0.05) is 31.7 Å². The summed E-state index contributed by atoms with van der Waals surface area (Å²) in [5.74, 6) is -2.34. The number of carbonyl (C=O) groups excluding carboxylic acids is 2. The molecule has 6 heteroatoms. The highest BCUT2D eigenvalue weighted by Gasteiger charge is 2.25. The lowest BCUT2D eigenvalue weighted by molar-refractivity contribution is -0.131. The Kier molecular flexibility index (Phi) is 5.54. The summed E-state index contributed by atoms with van der Waals surface area (Å²) < 4.78 is 26.4. The van der Waals surface area contributed by atoms with E-state index < -0.39 is 11.6 Å². The molecule has 0 atom stereocenters. The minimum absolute atomic E-state index is 0.0261. The number of carbonyl (C=O) groups is 2. The smallest absolute Gasteiger partial charge is 0.254 e. The average molecular weight is 372 g/mol. The van der Waals surface area contributed by atoms with Crippen LogP contribution in [0.15, 0.2) is 36.4 Å². The lowest BCUT2D eigenvalue weighted by Crippen LogP contribution is -2.51. The summed E-state index contributed by atoms with van der Waals surface area (Å²) in [4.78, 5) is 28.3. The minimum atomic E-state index is -1.04. The second kappa shape index (κ2) is 7.86. The summed E-state index contributed by atoms with van der Waals surface area (Å²) in [7, 11) is 0. The molecule has 0 unspecified atom stereocenters. The molecule has 1 heterocycles. The molecule has 1 fully saturated rings. The molecule has 2 aromatic rings. The molecule has 2 amide bonds. The van der Waals surface area contributed by atoms with Crippen molar-refractivity contribution in [2.45, 2.75) is 20.3 Å². The van der Waals surface area contributed by atoms with Crippen LogP contribution in [0.2, 0.25) is 0 Å². The zero-order valence-electron chi connectivity index (χ0n) is 15.5. The molecule has 4 nitrogen and oxygen atoms in total. The van der Waals surface area contributed by atoms with Gasteiger partial charge in [-0.1, -0.05) is 18.2 Å². The van der Waals surface area contributed by atoms with Crippen LogP contribution in [-0.2, 0) is 11.2 Å². The van der Waals surface area contributed by atoms with Crippen LogP contribution in [0.1, 0.15) is 27.0 Å². The molecule has 0 radical (unpaired) electrons. The quantitative estimate of drug-likeness (QED) is 0.831. The first kappa shape index (κ1) is 19.0. The van der Waals surface area contributed by atoms with E-state index in [1.54, 1.807) is 9.80 Å². The molecular weight excluding hydrogens is 350 g/mol. The third kappa shape index (κ3) is 4.32. The Bertz CT molecular complexity index is 874.